The van der Waals surface area contributed by atoms with Crippen LogP contribution in [-0.2, 0) is 0 Å². The van der Waals surface area contributed by atoms with Gasteiger partial charge in [-0.15, -0.1) is 0 Å². The quantitative estimate of drug-likeness (QED) is 0.787. The summed E-state index contributed by atoms with van der Waals surface area (Å²) in [4.78, 5) is 0. The van der Waals surface area contributed by atoms with Gasteiger partial charge in [0.2, 0.25) is 0 Å². The van der Waals surface area contributed by atoms with Crippen LogP contribution in [0.2, 0.25) is 5.02 Å². The molecule has 0 amide bonds. The minimum Gasteiger partial charge on any atom is -0.397 e. The lowest BCUT2D eigenvalue weighted by Gasteiger charge is -2.11. The molecule has 0 saturated carbocycles. The SMILES string of the molecule is Cc1cc(N)c(Cl)c(Nc2ccc(F)cc2)c1. The lowest BCUT2D eigenvalue weighted by molar-refractivity contribution is 0.628. The van der Waals surface area contributed by atoms with Gasteiger partial charge in [-0.3, -0.25) is 0 Å². The number of aryl methyl sites for hydroxylation is 1. The Hall–Kier alpha value is -1.74. The first-order valence-corrected chi connectivity index (χ1v) is 5.52. The molecule has 0 aliphatic heterocycles. The third kappa shape index (κ3) is 2.68. The maximum atomic E-state index is 12.8. The first-order valence-electron chi connectivity index (χ1n) is 5.14. The molecule has 2 aromatic rings. The molecule has 0 saturated heterocycles. The van der Waals surface area contributed by atoms with Crippen molar-refractivity contribution in [3.63, 3.8) is 0 Å². The zero-order chi connectivity index (χ0) is 12.4. The summed E-state index contributed by atoms with van der Waals surface area (Å²) < 4.78 is 12.8. The Balaban J connectivity index is 2.32. The molecule has 0 radical (unpaired) electrons. The van der Waals surface area contributed by atoms with Gasteiger partial charge in [0.25, 0.3) is 0 Å². The van der Waals surface area contributed by atoms with Gasteiger partial charge in [-0.25, -0.2) is 4.39 Å². The Morgan fingerprint density at radius 2 is 1.82 bits per heavy atom. The van der Waals surface area contributed by atoms with Crippen LogP contribution in [0.3, 0.4) is 0 Å². The summed E-state index contributed by atoms with van der Waals surface area (Å²) in [5.74, 6) is -0.273. The molecule has 0 aliphatic rings. The van der Waals surface area contributed by atoms with Crippen LogP contribution in [0.5, 0.6) is 0 Å². The van der Waals surface area contributed by atoms with Gasteiger partial charge in [0.15, 0.2) is 0 Å². The van der Waals surface area contributed by atoms with Gasteiger partial charge >= 0.3 is 0 Å². The van der Waals surface area contributed by atoms with Crippen molar-refractivity contribution in [3.8, 4) is 0 Å². The summed E-state index contributed by atoms with van der Waals surface area (Å²) in [7, 11) is 0. The van der Waals surface area contributed by atoms with Gasteiger partial charge in [0.05, 0.1) is 16.4 Å². The van der Waals surface area contributed by atoms with E-state index >= 15 is 0 Å². The van der Waals surface area contributed by atoms with E-state index in [0.717, 1.165) is 16.9 Å². The number of hydrogen-bond acceptors (Lipinski definition) is 2. The average Bonchev–Trinajstić information content (AvgIpc) is 2.28. The Labute approximate surface area is 104 Å². The molecular formula is C13H12ClFN2. The Bertz CT molecular complexity index is 538. The zero-order valence-corrected chi connectivity index (χ0v) is 10.1. The fourth-order valence-corrected chi connectivity index (χ4v) is 1.73. The van der Waals surface area contributed by atoms with Crippen LogP contribution in [0.1, 0.15) is 5.56 Å². The number of nitrogens with one attached hydrogen (secondary N) is 1. The normalized spacial score (nSPS) is 10.3. The van der Waals surface area contributed by atoms with Crippen LogP contribution in [0.15, 0.2) is 36.4 Å². The second-order valence-electron chi connectivity index (χ2n) is 3.85. The lowest BCUT2D eigenvalue weighted by atomic mass is 10.2. The summed E-state index contributed by atoms with van der Waals surface area (Å²) >= 11 is 6.08. The highest BCUT2D eigenvalue weighted by Crippen LogP contribution is 2.31. The van der Waals surface area contributed by atoms with E-state index in [-0.39, 0.29) is 5.82 Å². The Morgan fingerprint density at radius 3 is 2.47 bits per heavy atom. The molecule has 4 heteroatoms. The summed E-state index contributed by atoms with van der Waals surface area (Å²) in [6.07, 6.45) is 0. The van der Waals surface area contributed by atoms with Crippen molar-refractivity contribution in [1.82, 2.24) is 0 Å². The van der Waals surface area contributed by atoms with E-state index in [1.54, 1.807) is 18.2 Å². The van der Waals surface area contributed by atoms with Crippen LogP contribution >= 0.6 is 11.6 Å². The standard InChI is InChI=1S/C13H12ClFN2/c1-8-6-11(16)13(14)12(7-8)17-10-4-2-9(15)3-5-10/h2-7,17H,16H2,1H3. The Morgan fingerprint density at radius 1 is 1.18 bits per heavy atom. The predicted octanol–water partition coefficient (Wildman–Crippen LogP) is 4.11. The largest absolute Gasteiger partial charge is 0.397 e. The van der Waals surface area contributed by atoms with Crippen molar-refractivity contribution in [1.29, 1.82) is 0 Å². The molecule has 0 fully saturated rings. The summed E-state index contributed by atoms with van der Waals surface area (Å²) in [6, 6.07) is 9.75. The van der Waals surface area contributed by atoms with E-state index in [0.29, 0.717) is 10.7 Å². The highest BCUT2D eigenvalue weighted by molar-refractivity contribution is 6.35. The first kappa shape index (κ1) is 11.7. The molecule has 0 bridgehead atoms. The van der Waals surface area contributed by atoms with Gasteiger partial charge in [0.1, 0.15) is 5.82 Å². The summed E-state index contributed by atoms with van der Waals surface area (Å²) in [5, 5.41) is 3.57. The van der Waals surface area contributed by atoms with E-state index in [4.69, 9.17) is 17.3 Å². The van der Waals surface area contributed by atoms with Crippen LogP contribution in [0, 0.1) is 12.7 Å². The summed E-state index contributed by atoms with van der Waals surface area (Å²) in [6.45, 7) is 1.93. The molecule has 0 spiro atoms. The number of nitrogens with two attached hydrogens (primary N) is 1. The fourth-order valence-electron chi connectivity index (χ4n) is 1.58. The molecule has 88 valence electrons. The molecule has 0 aliphatic carbocycles. The van der Waals surface area contributed by atoms with Crippen molar-refractivity contribution >= 4 is 28.7 Å². The second-order valence-corrected chi connectivity index (χ2v) is 4.23. The molecule has 0 atom stereocenters. The van der Waals surface area contributed by atoms with Crippen molar-refractivity contribution < 1.29 is 4.39 Å². The van der Waals surface area contributed by atoms with E-state index in [2.05, 4.69) is 5.32 Å². The molecule has 0 aromatic heterocycles. The summed E-state index contributed by atoms with van der Waals surface area (Å²) in [5.41, 5.74) is 8.78. The van der Waals surface area contributed by atoms with E-state index in [1.165, 1.54) is 12.1 Å². The maximum Gasteiger partial charge on any atom is 0.123 e. The number of hydrogen-bond donors (Lipinski definition) is 2. The average molecular weight is 251 g/mol. The molecule has 2 aromatic carbocycles. The maximum absolute atomic E-state index is 12.8. The van der Waals surface area contributed by atoms with Crippen LogP contribution in [0.4, 0.5) is 21.5 Å². The molecule has 2 rings (SSSR count). The molecule has 0 unspecified atom stereocenters. The Kier molecular flexibility index (Phi) is 3.20. The number of rotatable bonds is 2. The lowest BCUT2D eigenvalue weighted by Crippen LogP contribution is -1.96. The zero-order valence-electron chi connectivity index (χ0n) is 9.30. The van der Waals surface area contributed by atoms with E-state index in [9.17, 15) is 4.39 Å². The molecular weight excluding hydrogens is 239 g/mol. The monoisotopic (exact) mass is 250 g/mol. The number of anilines is 3. The van der Waals surface area contributed by atoms with E-state index in [1.807, 2.05) is 13.0 Å². The van der Waals surface area contributed by atoms with Crippen LogP contribution < -0.4 is 11.1 Å². The van der Waals surface area contributed by atoms with E-state index < -0.39 is 0 Å². The number of benzene rings is 2. The third-order valence-corrected chi connectivity index (χ3v) is 2.79. The highest BCUT2D eigenvalue weighted by Gasteiger charge is 2.05. The molecule has 3 N–H and O–H groups in total. The van der Waals surface area contributed by atoms with Gasteiger partial charge < -0.3 is 11.1 Å². The van der Waals surface area contributed by atoms with Gasteiger partial charge in [0, 0.05) is 5.69 Å². The van der Waals surface area contributed by atoms with Crippen molar-refractivity contribution in [2.75, 3.05) is 11.1 Å². The molecule has 17 heavy (non-hydrogen) atoms. The number of nitrogen functional groups attached to an aromatic ring is 1. The smallest absolute Gasteiger partial charge is 0.123 e. The van der Waals surface area contributed by atoms with Gasteiger partial charge in [-0.05, 0) is 48.9 Å². The van der Waals surface area contributed by atoms with Gasteiger partial charge in [-0.1, -0.05) is 11.6 Å². The van der Waals surface area contributed by atoms with Crippen molar-refractivity contribution in [3.05, 3.63) is 52.8 Å². The van der Waals surface area contributed by atoms with Gasteiger partial charge in [-0.2, -0.15) is 0 Å². The molecule has 2 nitrogen and oxygen atoms in total. The van der Waals surface area contributed by atoms with Crippen LogP contribution in [0.25, 0.3) is 0 Å². The first-order chi connectivity index (χ1) is 8.06. The third-order valence-electron chi connectivity index (χ3n) is 2.37. The highest BCUT2D eigenvalue weighted by atomic mass is 35.5. The van der Waals surface area contributed by atoms with Crippen molar-refractivity contribution in [2.24, 2.45) is 0 Å². The predicted molar refractivity (Wildman–Crippen MR) is 70.3 cm³/mol. The number of halogens is 2. The topological polar surface area (TPSA) is 38.0 Å². The fraction of sp³-hybridized carbons (Fsp3) is 0.0769. The molecule has 0 heterocycles. The minimum atomic E-state index is -0.273. The second kappa shape index (κ2) is 4.63. The van der Waals surface area contributed by atoms with Crippen LogP contribution in [-0.4, -0.2) is 0 Å². The minimum absolute atomic E-state index is 0.273. The van der Waals surface area contributed by atoms with Crippen molar-refractivity contribution in [2.45, 2.75) is 6.92 Å².